The van der Waals surface area contributed by atoms with Crippen LogP contribution in [-0.2, 0) is 15.5 Å². The van der Waals surface area contributed by atoms with Crippen molar-refractivity contribution in [3.63, 3.8) is 0 Å². The zero-order chi connectivity index (χ0) is 13.8. The van der Waals surface area contributed by atoms with Gasteiger partial charge < -0.3 is 14.6 Å². The molecule has 0 saturated carbocycles. The number of aliphatic carboxylic acids is 1. The van der Waals surface area contributed by atoms with E-state index < -0.39 is 25.1 Å². The van der Waals surface area contributed by atoms with Crippen molar-refractivity contribution in [1.82, 2.24) is 0 Å². The van der Waals surface area contributed by atoms with Crippen LogP contribution in [0.1, 0.15) is 11.1 Å². The van der Waals surface area contributed by atoms with Crippen LogP contribution in [0.5, 0.6) is 5.75 Å². The van der Waals surface area contributed by atoms with Crippen molar-refractivity contribution in [2.45, 2.75) is 12.8 Å². The van der Waals surface area contributed by atoms with Crippen molar-refractivity contribution in [2.75, 3.05) is 20.3 Å². The number of rotatable bonds is 6. The van der Waals surface area contributed by atoms with Crippen LogP contribution in [-0.4, -0.2) is 31.4 Å². The molecule has 0 atom stereocenters. The van der Waals surface area contributed by atoms with Gasteiger partial charge in [0.15, 0.2) is 0 Å². The highest BCUT2D eigenvalue weighted by atomic mass is 19.3. The van der Waals surface area contributed by atoms with E-state index in [1.807, 2.05) is 0 Å². The SMILES string of the molecule is COc1ccc(C(F)(F)COCC(=O)O)cc1C. The van der Waals surface area contributed by atoms with E-state index >= 15 is 0 Å². The first-order chi connectivity index (χ1) is 8.36. The third-order valence-corrected chi connectivity index (χ3v) is 2.33. The summed E-state index contributed by atoms with van der Waals surface area (Å²) in [6.45, 7) is -0.0632. The Labute approximate surface area is 103 Å². The number of hydrogen-bond donors (Lipinski definition) is 1. The summed E-state index contributed by atoms with van der Waals surface area (Å²) in [5.74, 6) is -4.00. The van der Waals surface area contributed by atoms with Crippen LogP contribution in [0, 0.1) is 6.92 Å². The lowest BCUT2D eigenvalue weighted by molar-refractivity contribution is -0.147. The second kappa shape index (κ2) is 5.77. The summed E-state index contributed by atoms with van der Waals surface area (Å²) in [5.41, 5.74) is 0.346. The molecular formula is C12H14F2O4. The third-order valence-electron chi connectivity index (χ3n) is 2.33. The molecule has 0 aromatic heterocycles. The Hall–Kier alpha value is -1.69. The molecule has 0 unspecified atom stereocenters. The Balaban J connectivity index is 2.77. The fourth-order valence-corrected chi connectivity index (χ4v) is 1.46. The third kappa shape index (κ3) is 3.66. The lowest BCUT2D eigenvalue weighted by atomic mass is 10.1. The quantitative estimate of drug-likeness (QED) is 0.851. The average Bonchev–Trinajstić information content (AvgIpc) is 2.28. The van der Waals surface area contributed by atoms with Gasteiger partial charge in [0.1, 0.15) is 19.0 Å². The van der Waals surface area contributed by atoms with E-state index in [-0.39, 0.29) is 5.56 Å². The van der Waals surface area contributed by atoms with Crippen LogP contribution in [0.15, 0.2) is 18.2 Å². The summed E-state index contributed by atoms with van der Waals surface area (Å²) in [6, 6.07) is 3.97. The lowest BCUT2D eigenvalue weighted by Gasteiger charge is -2.17. The molecular weight excluding hydrogens is 246 g/mol. The molecule has 0 saturated heterocycles. The summed E-state index contributed by atoms with van der Waals surface area (Å²) < 4.78 is 36.7. The normalized spacial score (nSPS) is 11.3. The minimum absolute atomic E-state index is 0.230. The van der Waals surface area contributed by atoms with E-state index in [0.717, 1.165) is 0 Å². The van der Waals surface area contributed by atoms with Crippen LogP contribution >= 0.6 is 0 Å². The average molecular weight is 260 g/mol. The van der Waals surface area contributed by atoms with Crippen LogP contribution in [0.4, 0.5) is 8.78 Å². The number of carboxylic acid groups (broad SMARTS) is 1. The summed E-state index contributed by atoms with van der Waals surface area (Å²) in [5, 5.41) is 8.31. The number of aryl methyl sites for hydroxylation is 1. The van der Waals surface area contributed by atoms with Gasteiger partial charge in [-0.1, -0.05) is 0 Å². The van der Waals surface area contributed by atoms with Crippen molar-refractivity contribution < 1.29 is 28.2 Å². The standard InChI is InChI=1S/C12H14F2O4/c1-8-5-9(3-4-10(8)17-2)12(13,14)7-18-6-11(15)16/h3-5H,6-7H2,1-2H3,(H,15,16). The first-order valence-electron chi connectivity index (χ1n) is 5.19. The Morgan fingerprint density at radius 2 is 2.11 bits per heavy atom. The maximum absolute atomic E-state index is 13.7. The molecule has 6 heteroatoms. The van der Waals surface area contributed by atoms with Gasteiger partial charge in [0, 0.05) is 5.56 Å². The minimum Gasteiger partial charge on any atom is -0.496 e. The predicted octanol–water partition coefficient (Wildman–Crippen LogP) is 2.20. The van der Waals surface area contributed by atoms with Crippen LogP contribution in [0.25, 0.3) is 0 Å². The summed E-state index contributed by atoms with van der Waals surface area (Å²) >= 11 is 0. The van der Waals surface area contributed by atoms with E-state index in [0.29, 0.717) is 11.3 Å². The van der Waals surface area contributed by atoms with E-state index in [1.54, 1.807) is 6.92 Å². The zero-order valence-corrected chi connectivity index (χ0v) is 10.1. The van der Waals surface area contributed by atoms with Crippen LogP contribution in [0.2, 0.25) is 0 Å². The van der Waals surface area contributed by atoms with Crippen molar-refractivity contribution in [1.29, 1.82) is 0 Å². The van der Waals surface area contributed by atoms with Gasteiger partial charge in [-0.25, -0.2) is 4.79 Å². The number of alkyl halides is 2. The molecule has 0 heterocycles. The van der Waals surface area contributed by atoms with Crippen molar-refractivity contribution in [3.8, 4) is 5.75 Å². The molecule has 1 N–H and O–H groups in total. The largest absolute Gasteiger partial charge is 0.496 e. The maximum Gasteiger partial charge on any atom is 0.329 e. The topological polar surface area (TPSA) is 55.8 Å². The summed E-state index contributed by atoms with van der Waals surface area (Å²) in [6.07, 6.45) is 0. The van der Waals surface area contributed by atoms with Gasteiger partial charge in [-0.2, -0.15) is 8.78 Å². The molecule has 0 amide bonds. The number of hydrogen-bond acceptors (Lipinski definition) is 3. The molecule has 0 aliphatic carbocycles. The molecule has 0 aliphatic rings. The minimum atomic E-state index is -3.23. The molecule has 0 bridgehead atoms. The summed E-state index contributed by atoms with van der Waals surface area (Å²) in [7, 11) is 1.45. The highest BCUT2D eigenvalue weighted by molar-refractivity contribution is 5.68. The first-order valence-corrected chi connectivity index (χ1v) is 5.19. The zero-order valence-electron chi connectivity index (χ0n) is 10.1. The van der Waals surface area contributed by atoms with Crippen LogP contribution in [0.3, 0.4) is 0 Å². The molecule has 0 fully saturated rings. The lowest BCUT2D eigenvalue weighted by Crippen LogP contribution is -2.23. The second-order valence-corrected chi connectivity index (χ2v) is 3.78. The fourth-order valence-electron chi connectivity index (χ4n) is 1.46. The molecule has 0 aliphatic heterocycles. The van der Waals surface area contributed by atoms with Crippen molar-refractivity contribution in [3.05, 3.63) is 29.3 Å². The molecule has 100 valence electrons. The molecule has 1 rings (SSSR count). The smallest absolute Gasteiger partial charge is 0.329 e. The maximum atomic E-state index is 13.7. The summed E-state index contributed by atoms with van der Waals surface area (Å²) in [4.78, 5) is 10.2. The Morgan fingerprint density at radius 1 is 1.44 bits per heavy atom. The van der Waals surface area contributed by atoms with Crippen molar-refractivity contribution in [2.24, 2.45) is 0 Å². The number of benzene rings is 1. The molecule has 18 heavy (non-hydrogen) atoms. The van der Waals surface area contributed by atoms with Gasteiger partial charge in [-0.3, -0.25) is 0 Å². The Kier molecular flexibility index (Phi) is 4.61. The fraction of sp³-hybridized carbons (Fsp3) is 0.417. The molecule has 1 aromatic rings. The number of methoxy groups -OCH3 is 1. The number of carboxylic acids is 1. The molecule has 0 radical (unpaired) electrons. The number of ether oxygens (including phenoxy) is 2. The van der Waals surface area contributed by atoms with E-state index in [1.165, 1.54) is 25.3 Å². The Bertz CT molecular complexity index is 432. The second-order valence-electron chi connectivity index (χ2n) is 3.78. The van der Waals surface area contributed by atoms with Gasteiger partial charge in [0.25, 0.3) is 5.92 Å². The van der Waals surface area contributed by atoms with E-state index in [9.17, 15) is 13.6 Å². The molecule has 0 spiro atoms. The van der Waals surface area contributed by atoms with Crippen LogP contribution < -0.4 is 4.74 Å². The van der Waals surface area contributed by atoms with Gasteiger partial charge in [-0.05, 0) is 30.7 Å². The number of halogens is 2. The first kappa shape index (κ1) is 14.4. The van der Waals surface area contributed by atoms with Crippen molar-refractivity contribution >= 4 is 5.97 Å². The van der Waals surface area contributed by atoms with Gasteiger partial charge in [0.05, 0.1) is 7.11 Å². The highest BCUT2D eigenvalue weighted by Gasteiger charge is 2.32. The van der Waals surface area contributed by atoms with Gasteiger partial charge in [0.2, 0.25) is 0 Å². The van der Waals surface area contributed by atoms with Gasteiger partial charge >= 0.3 is 5.97 Å². The van der Waals surface area contributed by atoms with E-state index in [4.69, 9.17) is 9.84 Å². The van der Waals surface area contributed by atoms with Gasteiger partial charge in [-0.15, -0.1) is 0 Å². The monoisotopic (exact) mass is 260 g/mol. The predicted molar refractivity (Wildman–Crippen MR) is 60.1 cm³/mol. The van der Waals surface area contributed by atoms with E-state index in [2.05, 4.69) is 4.74 Å². The molecule has 4 nitrogen and oxygen atoms in total. The molecule has 1 aromatic carbocycles. The highest BCUT2D eigenvalue weighted by Crippen LogP contribution is 2.31. The Morgan fingerprint density at radius 3 is 2.61 bits per heavy atom. The number of carbonyl (C=O) groups is 1.